The average Bonchev–Trinajstić information content (AvgIpc) is 2.35. The van der Waals surface area contributed by atoms with E-state index in [4.69, 9.17) is 32.7 Å². The molecule has 0 heterocycles. The molecule has 4 heteroatoms. The van der Waals surface area contributed by atoms with Gasteiger partial charge in [-0.25, -0.2) is 0 Å². The van der Waals surface area contributed by atoms with Gasteiger partial charge in [-0.3, -0.25) is 0 Å². The summed E-state index contributed by atoms with van der Waals surface area (Å²) in [6.45, 7) is 2.14. The topological polar surface area (TPSA) is 18.5 Å². The van der Waals surface area contributed by atoms with Crippen molar-refractivity contribution in [1.82, 2.24) is 0 Å². The molecule has 96 valence electrons. The fourth-order valence-corrected chi connectivity index (χ4v) is 2.32. The normalized spacial score (nSPS) is 12.3. The Labute approximate surface area is 113 Å². The summed E-state index contributed by atoms with van der Waals surface area (Å²) in [4.78, 5) is 0. The molecular weight excluding hydrogens is 259 g/mol. The van der Waals surface area contributed by atoms with Gasteiger partial charge in [0.1, 0.15) is 0 Å². The molecule has 0 spiro atoms. The van der Waals surface area contributed by atoms with Crippen molar-refractivity contribution in [2.45, 2.75) is 31.6 Å². The van der Waals surface area contributed by atoms with E-state index in [0.29, 0.717) is 16.5 Å². The van der Waals surface area contributed by atoms with E-state index >= 15 is 0 Å². The van der Waals surface area contributed by atoms with Gasteiger partial charge in [-0.1, -0.05) is 31.4 Å². The summed E-state index contributed by atoms with van der Waals surface area (Å²) in [5, 5.41) is 0.543. The molecule has 1 aromatic rings. The van der Waals surface area contributed by atoms with E-state index in [1.165, 1.54) is 0 Å². The Morgan fingerprint density at radius 1 is 1.18 bits per heavy atom. The van der Waals surface area contributed by atoms with Crippen LogP contribution in [0.2, 0.25) is 5.02 Å². The first-order chi connectivity index (χ1) is 8.13. The second-order valence-electron chi connectivity index (χ2n) is 3.84. The van der Waals surface area contributed by atoms with Crippen molar-refractivity contribution < 1.29 is 9.47 Å². The minimum absolute atomic E-state index is 0.0812. The van der Waals surface area contributed by atoms with Gasteiger partial charge in [0, 0.05) is 11.1 Å². The van der Waals surface area contributed by atoms with Crippen molar-refractivity contribution in [1.29, 1.82) is 0 Å². The van der Waals surface area contributed by atoms with Gasteiger partial charge in [-0.2, -0.15) is 0 Å². The molecule has 0 aliphatic rings. The average molecular weight is 277 g/mol. The van der Waals surface area contributed by atoms with Crippen molar-refractivity contribution in [2.24, 2.45) is 0 Å². The molecular formula is C13H18Cl2O2. The van der Waals surface area contributed by atoms with E-state index in [2.05, 4.69) is 6.92 Å². The lowest BCUT2D eigenvalue weighted by Gasteiger charge is -2.15. The lowest BCUT2D eigenvalue weighted by molar-refractivity contribution is 0.354. The second-order valence-corrected chi connectivity index (χ2v) is 4.77. The Morgan fingerprint density at radius 2 is 1.76 bits per heavy atom. The van der Waals surface area contributed by atoms with Gasteiger partial charge in [0.2, 0.25) is 0 Å². The summed E-state index contributed by atoms with van der Waals surface area (Å²) >= 11 is 12.5. The van der Waals surface area contributed by atoms with Crippen LogP contribution in [-0.2, 0) is 0 Å². The molecule has 1 rings (SSSR count). The zero-order valence-corrected chi connectivity index (χ0v) is 11.9. The van der Waals surface area contributed by atoms with Gasteiger partial charge in [-0.15, -0.1) is 11.6 Å². The van der Waals surface area contributed by atoms with Crippen molar-refractivity contribution in [2.75, 3.05) is 14.2 Å². The first-order valence-corrected chi connectivity index (χ1v) is 6.51. The maximum atomic E-state index is 6.33. The third-order valence-corrected chi connectivity index (χ3v) is 3.43. The fraction of sp³-hybridized carbons (Fsp3) is 0.538. The van der Waals surface area contributed by atoms with E-state index in [1.807, 2.05) is 6.07 Å². The highest BCUT2D eigenvalue weighted by Gasteiger charge is 2.16. The molecule has 0 aliphatic heterocycles. The van der Waals surface area contributed by atoms with E-state index in [1.54, 1.807) is 20.3 Å². The molecule has 0 saturated carbocycles. The lowest BCUT2D eigenvalue weighted by Crippen LogP contribution is -1.96. The molecule has 17 heavy (non-hydrogen) atoms. The Balaban J connectivity index is 2.99. The number of unbranched alkanes of at least 4 members (excludes halogenated alkanes) is 1. The number of hydrogen-bond acceptors (Lipinski definition) is 2. The van der Waals surface area contributed by atoms with Crippen molar-refractivity contribution >= 4 is 23.2 Å². The molecule has 0 bridgehead atoms. The first-order valence-electron chi connectivity index (χ1n) is 5.69. The molecule has 2 nitrogen and oxygen atoms in total. The summed E-state index contributed by atoms with van der Waals surface area (Å²) in [6.07, 6.45) is 3.11. The van der Waals surface area contributed by atoms with Gasteiger partial charge in [0.15, 0.2) is 11.5 Å². The SMILES string of the molecule is CCCCC(Cl)c1cc(OC)c(OC)cc1Cl. The maximum Gasteiger partial charge on any atom is 0.162 e. The van der Waals surface area contributed by atoms with Crippen LogP contribution < -0.4 is 9.47 Å². The number of hydrogen-bond donors (Lipinski definition) is 0. The summed E-state index contributed by atoms with van der Waals surface area (Å²) < 4.78 is 10.4. The second kappa shape index (κ2) is 6.97. The predicted octanol–water partition coefficient (Wildman–Crippen LogP) is 4.83. The van der Waals surface area contributed by atoms with Crippen LogP contribution in [-0.4, -0.2) is 14.2 Å². The van der Waals surface area contributed by atoms with Crippen LogP contribution in [0.25, 0.3) is 0 Å². The van der Waals surface area contributed by atoms with E-state index in [-0.39, 0.29) is 5.38 Å². The number of alkyl halides is 1. The quantitative estimate of drug-likeness (QED) is 0.693. The third-order valence-electron chi connectivity index (χ3n) is 2.65. The monoisotopic (exact) mass is 276 g/mol. The van der Waals surface area contributed by atoms with Gasteiger partial charge < -0.3 is 9.47 Å². The van der Waals surface area contributed by atoms with Gasteiger partial charge in [-0.05, 0) is 18.1 Å². The van der Waals surface area contributed by atoms with Crippen LogP contribution in [0.3, 0.4) is 0 Å². The van der Waals surface area contributed by atoms with Crippen LogP contribution in [0, 0.1) is 0 Å². The fourth-order valence-electron chi connectivity index (χ4n) is 1.65. The van der Waals surface area contributed by atoms with Gasteiger partial charge >= 0.3 is 0 Å². The zero-order valence-electron chi connectivity index (χ0n) is 10.4. The highest BCUT2D eigenvalue weighted by molar-refractivity contribution is 6.33. The largest absolute Gasteiger partial charge is 0.493 e. The molecule has 0 fully saturated rings. The lowest BCUT2D eigenvalue weighted by atomic mass is 10.1. The van der Waals surface area contributed by atoms with E-state index in [9.17, 15) is 0 Å². The summed E-state index contributed by atoms with van der Waals surface area (Å²) in [5.74, 6) is 1.29. The number of benzene rings is 1. The molecule has 0 radical (unpaired) electrons. The molecule has 1 unspecified atom stereocenters. The summed E-state index contributed by atoms with van der Waals surface area (Å²) in [6, 6.07) is 3.60. The maximum absolute atomic E-state index is 6.33. The Hall–Kier alpha value is -0.600. The van der Waals surface area contributed by atoms with Crippen LogP contribution >= 0.6 is 23.2 Å². The third kappa shape index (κ3) is 3.68. The van der Waals surface area contributed by atoms with Crippen molar-refractivity contribution in [3.63, 3.8) is 0 Å². The van der Waals surface area contributed by atoms with Crippen LogP contribution in [0.15, 0.2) is 12.1 Å². The molecule has 1 atom stereocenters. The smallest absolute Gasteiger partial charge is 0.162 e. The van der Waals surface area contributed by atoms with Crippen LogP contribution in [0.4, 0.5) is 0 Å². The van der Waals surface area contributed by atoms with E-state index in [0.717, 1.165) is 24.8 Å². The van der Waals surface area contributed by atoms with Gasteiger partial charge in [0.05, 0.1) is 19.6 Å². The molecule has 0 aromatic heterocycles. The van der Waals surface area contributed by atoms with E-state index < -0.39 is 0 Å². The minimum Gasteiger partial charge on any atom is -0.493 e. The van der Waals surface area contributed by atoms with Crippen LogP contribution in [0.1, 0.15) is 37.1 Å². The predicted molar refractivity (Wildman–Crippen MR) is 72.7 cm³/mol. The van der Waals surface area contributed by atoms with Crippen molar-refractivity contribution in [3.8, 4) is 11.5 Å². The Morgan fingerprint density at radius 3 is 2.29 bits per heavy atom. The zero-order chi connectivity index (χ0) is 12.8. The molecule has 0 amide bonds. The Kier molecular flexibility index (Phi) is 5.93. The Bertz CT molecular complexity index is 367. The molecule has 0 aliphatic carbocycles. The standard InChI is InChI=1S/C13H18Cl2O2/c1-4-5-6-10(14)9-7-12(16-2)13(17-3)8-11(9)15/h7-8,10H,4-6H2,1-3H3. The number of ether oxygens (including phenoxy) is 2. The molecule has 0 saturated heterocycles. The highest BCUT2D eigenvalue weighted by atomic mass is 35.5. The van der Waals surface area contributed by atoms with Crippen LogP contribution in [0.5, 0.6) is 11.5 Å². The number of halogens is 2. The molecule has 0 N–H and O–H groups in total. The highest BCUT2D eigenvalue weighted by Crippen LogP contribution is 2.39. The summed E-state index contributed by atoms with van der Waals surface area (Å²) in [7, 11) is 3.19. The molecule has 1 aromatic carbocycles. The number of methoxy groups -OCH3 is 2. The first kappa shape index (κ1) is 14.5. The van der Waals surface area contributed by atoms with Crippen molar-refractivity contribution in [3.05, 3.63) is 22.7 Å². The minimum atomic E-state index is -0.0812. The van der Waals surface area contributed by atoms with Gasteiger partial charge in [0.25, 0.3) is 0 Å². The summed E-state index contributed by atoms with van der Waals surface area (Å²) in [5.41, 5.74) is 0.902. The number of rotatable bonds is 6.